The number of hydrogen-bond donors (Lipinski definition) is 1. The summed E-state index contributed by atoms with van der Waals surface area (Å²) in [4.78, 5) is 21.5. The van der Waals surface area contributed by atoms with Crippen molar-refractivity contribution in [2.75, 3.05) is 19.8 Å². The van der Waals surface area contributed by atoms with Gasteiger partial charge in [0.15, 0.2) is 6.61 Å². The molecule has 1 aliphatic rings. The first-order valence-corrected chi connectivity index (χ1v) is 6.41. The molecule has 7 nitrogen and oxygen atoms in total. The number of nitro groups is 1. The molecular formula is C13H16N2O5. The highest BCUT2D eigenvalue weighted by molar-refractivity contribution is 5.77. The van der Waals surface area contributed by atoms with Crippen molar-refractivity contribution in [1.82, 2.24) is 5.32 Å². The van der Waals surface area contributed by atoms with E-state index in [4.69, 9.17) is 9.47 Å². The van der Waals surface area contributed by atoms with Gasteiger partial charge in [0.2, 0.25) is 0 Å². The lowest BCUT2D eigenvalue weighted by molar-refractivity contribution is -0.384. The third-order valence-corrected chi connectivity index (χ3v) is 2.97. The van der Waals surface area contributed by atoms with Crippen LogP contribution in [0.4, 0.5) is 5.69 Å². The largest absolute Gasteiger partial charge is 0.484 e. The van der Waals surface area contributed by atoms with Gasteiger partial charge < -0.3 is 14.8 Å². The first-order valence-electron chi connectivity index (χ1n) is 6.41. The monoisotopic (exact) mass is 280 g/mol. The minimum atomic E-state index is -0.488. The van der Waals surface area contributed by atoms with Crippen LogP contribution in [0, 0.1) is 10.1 Å². The number of benzene rings is 1. The smallest absolute Gasteiger partial charge is 0.269 e. The summed E-state index contributed by atoms with van der Waals surface area (Å²) in [6, 6.07) is 5.59. The molecule has 1 fully saturated rings. The summed E-state index contributed by atoms with van der Waals surface area (Å²) in [6.07, 6.45) is 2.09. The second-order valence-corrected chi connectivity index (χ2v) is 4.48. The molecule has 0 spiro atoms. The quantitative estimate of drug-likeness (QED) is 0.626. The summed E-state index contributed by atoms with van der Waals surface area (Å²) in [7, 11) is 0. The Bertz CT molecular complexity index is 468. The van der Waals surface area contributed by atoms with Crippen LogP contribution < -0.4 is 10.1 Å². The first kappa shape index (κ1) is 14.3. The van der Waals surface area contributed by atoms with E-state index in [-0.39, 0.29) is 24.3 Å². The Morgan fingerprint density at radius 1 is 1.45 bits per heavy atom. The fraction of sp³-hybridized carbons (Fsp3) is 0.462. The van der Waals surface area contributed by atoms with E-state index in [0.717, 1.165) is 19.4 Å². The molecule has 1 atom stereocenters. The minimum absolute atomic E-state index is 0.0137. The van der Waals surface area contributed by atoms with Crippen molar-refractivity contribution in [3.8, 4) is 5.75 Å². The van der Waals surface area contributed by atoms with Gasteiger partial charge >= 0.3 is 0 Å². The molecule has 1 saturated heterocycles. The Balaban J connectivity index is 1.70. The van der Waals surface area contributed by atoms with E-state index in [2.05, 4.69) is 5.32 Å². The predicted octanol–water partition coefficient (Wildman–Crippen LogP) is 1.27. The van der Waals surface area contributed by atoms with Gasteiger partial charge in [0.25, 0.3) is 11.6 Å². The number of non-ortho nitro benzene ring substituents is 1. The van der Waals surface area contributed by atoms with Crippen molar-refractivity contribution in [1.29, 1.82) is 0 Å². The number of ether oxygens (including phenoxy) is 2. The van der Waals surface area contributed by atoms with E-state index in [0.29, 0.717) is 12.3 Å². The van der Waals surface area contributed by atoms with Crippen LogP contribution in [-0.4, -0.2) is 36.7 Å². The van der Waals surface area contributed by atoms with Crippen molar-refractivity contribution in [3.63, 3.8) is 0 Å². The third-order valence-electron chi connectivity index (χ3n) is 2.97. The van der Waals surface area contributed by atoms with Crippen molar-refractivity contribution < 1.29 is 19.2 Å². The zero-order valence-electron chi connectivity index (χ0n) is 10.9. The second kappa shape index (κ2) is 6.85. The maximum atomic E-state index is 11.5. The summed E-state index contributed by atoms with van der Waals surface area (Å²) >= 11 is 0. The van der Waals surface area contributed by atoms with Crippen LogP contribution in [0.15, 0.2) is 24.3 Å². The molecule has 1 heterocycles. The van der Waals surface area contributed by atoms with Crippen molar-refractivity contribution in [2.45, 2.75) is 18.9 Å². The van der Waals surface area contributed by atoms with Crippen molar-refractivity contribution in [3.05, 3.63) is 34.4 Å². The van der Waals surface area contributed by atoms with Gasteiger partial charge in [-0.3, -0.25) is 14.9 Å². The fourth-order valence-electron chi connectivity index (χ4n) is 1.90. The third kappa shape index (κ3) is 4.20. The molecule has 20 heavy (non-hydrogen) atoms. The molecule has 0 unspecified atom stereocenters. The average molecular weight is 280 g/mol. The van der Waals surface area contributed by atoms with Crippen LogP contribution in [0.25, 0.3) is 0 Å². The normalized spacial score (nSPS) is 17.7. The Morgan fingerprint density at radius 2 is 2.20 bits per heavy atom. The molecule has 2 rings (SSSR count). The second-order valence-electron chi connectivity index (χ2n) is 4.48. The molecule has 0 aliphatic carbocycles. The van der Waals surface area contributed by atoms with Crippen LogP contribution in [-0.2, 0) is 9.53 Å². The average Bonchev–Trinajstić information content (AvgIpc) is 2.96. The Kier molecular flexibility index (Phi) is 4.89. The van der Waals surface area contributed by atoms with E-state index in [1.54, 1.807) is 0 Å². The molecule has 0 saturated carbocycles. The van der Waals surface area contributed by atoms with Crippen LogP contribution in [0.2, 0.25) is 0 Å². The van der Waals surface area contributed by atoms with Crippen molar-refractivity contribution in [2.24, 2.45) is 0 Å². The van der Waals surface area contributed by atoms with Crippen LogP contribution >= 0.6 is 0 Å². The molecular weight excluding hydrogens is 264 g/mol. The number of nitrogens with one attached hydrogen (secondary N) is 1. The maximum Gasteiger partial charge on any atom is 0.269 e. The Hall–Kier alpha value is -2.15. The number of hydrogen-bond acceptors (Lipinski definition) is 5. The molecule has 0 bridgehead atoms. The lowest BCUT2D eigenvalue weighted by Crippen LogP contribution is -2.35. The molecule has 0 radical (unpaired) electrons. The highest BCUT2D eigenvalue weighted by Crippen LogP contribution is 2.17. The molecule has 1 amide bonds. The lowest BCUT2D eigenvalue weighted by atomic mass is 10.2. The highest BCUT2D eigenvalue weighted by Gasteiger charge is 2.16. The van der Waals surface area contributed by atoms with E-state index in [1.165, 1.54) is 24.3 Å². The van der Waals surface area contributed by atoms with Gasteiger partial charge in [0.05, 0.1) is 11.0 Å². The molecule has 108 valence electrons. The van der Waals surface area contributed by atoms with E-state index >= 15 is 0 Å². The number of amides is 1. The van der Waals surface area contributed by atoms with Crippen LogP contribution in [0.5, 0.6) is 5.75 Å². The number of nitro benzene ring substituents is 1. The lowest BCUT2D eigenvalue weighted by Gasteiger charge is -2.11. The van der Waals surface area contributed by atoms with Crippen LogP contribution in [0.1, 0.15) is 12.8 Å². The van der Waals surface area contributed by atoms with Gasteiger partial charge in [-0.2, -0.15) is 0 Å². The number of carbonyl (C=O) groups is 1. The number of nitrogens with zero attached hydrogens (tertiary/aromatic N) is 1. The fourth-order valence-corrected chi connectivity index (χ4v) is 1.90. The molecule has 1 aromatic carbocycles. The number of carbonyl (C=O) groups excluding carboxylic acids is 1. The zero-order chi connectivity index (χ0) is 14.4. The van der Waals surface area contributed by atoms with Gasteiger partial charge in [0.1, 0.15) is 5.75 Å². The molecule has 7 heteroatoms. The molecule has 1 N–H and O–H groups in total. The van der Waals surface area contributed by atoms with Crippen LogP contribution in [0.3, 0.4) is 0 Å². The van der Waals surface area contributed by atoms with Gasteiger partial charge in [-0.15, -0.1) is 0 Å². The Labute approximate surface area is 116 Å². The summed E-state index contributed by atoms with van der Waals surface area (Å²) in [5, 5.41) is 13.2. The molecule has 0 aromatic heterocycles. The van der Waals surface area contributed by atoms with E-state index in [9.17, 15) is 14.9 Å². The minimum Gasteiger partial charge on any atom is -0.484 e. The van der Waals surface area contributed by atoms with Crippen molar-refractivity contribution >= 4 is 11.6 Å². The molecule has 1 aliphatic heterocycles. The highest BCUT2D eigenvalue weighted by atomic mass is 16.6. The maximum absolute atomic E-state index is 11.5. The van der Waals surface area contributed by atoms with Gasteiger partial charge in [0, 0.05) is 25.3 Å². The number of rotatable bonds is 6. The summed E-state index contributed by atoms with van der Waals surface area (Å²) < 4.78 is 10.6. The summed E-state index contributed by atoms with van der Waals surface area (Å²) in [5.74, 6) is 0.182. The molecule has 1 aromatic rings. The SMILES string of the molecule is O=C(COc1ccc([N+](=O)[O-])cc1)NC[C@@H]1CCCO1. The predicted molar refractivity (Wildman–Crippen MR) is 70.6 cm³/mol. The summed E-state index contributed by atoms with van der Waals surface area (Å²) in [5.41, 5.74) is -0.0137. The topological polar surface area (TPSA) is 90.7 Å². The first-order chi connectivity index (χ1) is 9.65. The van der Waals surface area contributed by atoms with Gasteiger partial charge in [-0.1, -0.05) is 0 Å². The summed E-state index contributed by atoms with van der Waals surface area (Å²) in [6.45, 7) is 1.12. The zero-order valence-corrected chi connectivity index (χ0v) is 10.9. The van der Waals surface area contributed by atoms with E-state index in [1.807, 2.05) is 0 Å². The standard InChI is InChI=1S/C13H16N2O5/c16-13(14-8-12-2-1-7-19-12)9-20-11-5-3-10(4-6-11)15(17)18/h3-6,12H,1-2,7-9H2,(H,14,16)/t12-/m0/s1. The van der Waals surface area contributed by atoms with Gasteiger partial charge in [-0.25, -0.2) is 0 Å². The van der Waals surface area contributed by atoms with Gasteiger partial charge in [-0.05, 0) is 25.0 Å². The Morgan fingerprint density at radius 3 is 2.80 bits per heavy atom. The van der Waals surface area contributed by atoms with E-state index < -0.39 is 4.92 Å².